The van der Waals surface area contributed by atoms with Gasteiger partial charge in [-0.15, -0.1) is 0 Å². The van der Waals surface area contributed by atoms with E-state index in [1.165, 1.54) is 12.1 Å². The smallest absolute Gasteiger partial charge is 0.251 e. The van der Waals surface area contributed by atoms with Gasteiger partial charge in [0.2, 0.25) is 0 Å². The van der Waals surface area contributed by atoms with Gasteiger partial charge in [0.15, 0.2) is 0 Å². The van der Waals surface area contributed by atoms with Crippen LogP contribution in [0.25, 0.3) is 0 Å². The number of aliphatic hydroxyl groups is 1. The highest BCUT2D eigenvalue weighted by molar-refractivity contribution is 9.10. The molecule has 1 amide bonds. The van der Waals surface area contributed by atoms with Crippen molar-refractivity contribution in [1.82, 2.24) is 5.32 Å². The molecule has 1 aromatic rings. The minimum Gasteiger partial charge on any atom is -0.393 e. The van der Waals surface area contributed by atoms with Gasteiger partial charge in [0.25, 0.3) is 5.91 Å². The second-order valence-corrected chi connectivity index (χ2v) is 5.53. The van der Waals surface area contributed by atoms with E-state index >= 15 is 0 Å². The molecular weight excluding hydrogens is 301 g/mol. The van der Waals surface area contributed by atoms with E-state index in [4.69, 9.17) is 0 Å². The molecule has 1 aliphatic rings. The Bertz CT molecular complexity index is 453. The van der Waals surface area contributed by atoms with Crippen LogP contribution in [0.5, 0.6) is 0 Å². The number of amides is 1. The van der Waals surface area contributed by atoms with E-state index in [0.717, 1.165) is 19.3 Å². The van der Waals surface area contributed by atoms with Crippen LogP contribution in [-0.4, -0.2) is 23.7 Å². The normalized spacial score (nSPS) is 23.1. The summed E-state index contributed by atoms with van der Waals surface area (Å²) in [5, 5.41) is 12.2. The first kappa shape index (κ1) is 13.5. The van der Waals surface area contributed by atoms with Crippen LogP contribution in [0.1, 0.15) is 29.6 Å². The molecule has 2 rings (SSSR count). The Labute approximate surface area is 114 Å². The summed E-state index contributed by atoms with van der Waals surface area (Å²) in [4.78, 5) is 11.8. The van der Waals surface area contributed by atoms with Crippen molar-refractivity contribution in [1.29, 1.82) is 0 Å². The van der Waals surface area contributed by atoms with E-state index in [9.17, 15) is 14.3 Å². The Morgan fingerprint density at radius 3 is 2.89 bits per heavy atom. The molecule has 0 spiro atoms. The lowest BCUT2D eigenvalue weighted by Crippen LogP contribution is -2.28. The lowest BCUT2D eigenvalue weighted by molar-refractivity contribution is 0.0944. The maximum Gasteiger partial charge on any atom is 0.251 e. The van der Waals surface area contributed by atoms with Gasteiger partial charge in [0.1, 0.15) is 5.82 Å². The van der Waals surface area contributed by atoms with Gasteiger partial charge >= 0.3 is 0 Å². The standard InChI is InChI=1S/C13H15BrFNO2/c14-11-4-2-9(6-12(11)15)13(18)16-7-8-1-3-10(17)5-8/h2,4,6,8,10,17H,1,3,5,7H2,(H,16,18). The second kappa shape index (κ2) is 5.80. The van der Waals surface area contributed by atoms with E-state index in [2.05, 4.69) is 21.2 Å². The molecule has 0 radical (unpaired) electrons. The first-order chi connectivity index (χ1) is 8.56. The molecule has 0 aliphatic heterocycles. The predicted molar refractivity (Wildman–Crippen MR) is 69.8 cm³/mol. The molecule has 0 heterocycles. The van der Waals surface area contributed by atoms with Crippen LogP contribution in [0.4, 0.5) is 4.39 Å². The van der Waals surface area contributed by atoms with E-state index in [0.29, 0.717) is 22.5 Å². The lowest BCUT2D eigenvalue weighted by atomic mass is 10.1. The topological polar surface area (TPSA) is 49.3 Å². The molecule has 2 unspecified atom stereocenters. The summed E-state index contributed by atoms with van der Waals surface area (Å²) >= 11 is 3.04. The van der Waals surface area contributed by atoms with Gasteiger partial charge in [-0.2, -0.15) is 0 Å². The summed E-state index contributed by atoms with van der Waals surface area (Å²) in [5.74, 6) is -0.397. The Balaban J connectivity index is 1.89. The maximum atomic E-state index is 13.3. The summed E-state index contributed by atoms with van der Waals surface area (Å²) < 4.78 is 13.6. The molecule has 3 nitrogen and oxygen atoms in total. The van der Waals surface area contributed by atoms with Crippen molar-refractivity contribution in [3.05, 3.63) is 34.1 Å². The van der Waals surface area contributed by atoms with Crippen LogP contribution in [0.2, 0.25) is 0 Å². The zero-order valence-electron chi connectivity index (χ0n) is 9.83. The van der Waals surface area contributed by atoms with E-state index in [-0.39, 0.29) is 12.0 Å². The van der Waals surface area contributed by atoms with Gasteiger partial charge in [0, 0.05) is 12.1 Å². The van der Waals surface area contributed by atoms with Crippen molar-refractivity contribution < 1.29 is 14.3 Å². The zero-order valence-corrected chi connectivity index (χ0v) is 11.4. The number of carbonyl (C=O) groups is 1. The number of hydrogen-bond acceptors (Lipinski definition) is 2. The predicted octanol–water partition coefficient (Wildman–Crippen LogP) is 2.48. The molecule has 0 saturated heterocycles. The van der Waals surface area contributed by atoms with Crippen LogP contribution in [0, 0.1) is 11.7 Å². The van der Waals surface area contributed by atoms with Crippen molar-refractivity contribution in [2.75, 3.05) is 6.54 Å². The molecule has 1 saturated carbocycles. The number of hydrogen-bond donors (Lipinski definition) is 2. The van der Waals surface area contributed by atoms with Crippen molar-refractivity contribution in [3.63, 3.8) is 0 Å². The van der Waals surface area contributed by atoms with Gasteiger partial charge in [-0.05, 0) is 59.3 Å². The van der Waals surface area contributed by atoms with Gasteiger partial charge in [0.05, 0.1) is 10.6 Å². The van der Waals surface area contributed by atoms with Gasteiger partial charge in [-0.3, -0.25) is 4.79 Å². The van der Waals surface area contributed by atoms with E-state index in [1.54, 1.807) is 6.07 Å². The monoisotopic (exact) mass is 315 g/mol. The third-order valence-electron chi connectivity index (χ3n) is 3.25. The SMILES string of the molecule is O=C(NCC1CCC(O)C1)c1ccc(Br)c(F)c1. The summed E-state index contributed by atoms with van der Waals surface area (Å²) in [6.07, 6.45) is 2.22. The number of carbonyl (C=O) groups excluding carboxylic acids is 1. The summed E-state index contributed by atoms with van der Waals surface area (Å²) in [7, 11) is 0. The fourth-order valence-electron chi connectivity index (χ4n) is 2.21. The second-order valence-electron chi connectivity index (χ2n) is 4.67. The van der Waals surface area contributed by atoms with Crippen molar-refractivity contribution in [2.45, 2.75) is 25.4 Å². The summed E-state index contributed by atoms with van der Waals surface area (Å²) in [5.41, 5.74) is 0.314. The van der Waals surface area contributed by atoms with Crippen LogP contribution in [0.15, 0.2) is 22.7 Å². The molecule has 1 aliphatic carbocycles. The maximum absolute atomic E-state index is 13.3. The Hall–Kier alpha value is -0.940. The quantitative estimate of drug-likeness (QED) is 0.900. The van der Waals surface area contributed by atoms with Crippen molar-refractivity contribution in [2.24, 2.45) is 5.92 Å². The molecular formula is C13H15BrFNO2. The minimum absolute atomic E-state index is 0.239. The molecule has 0 aromatic heterocycles. The van der Waals surface area contributed by atoms with Crippen molar-refractivity contribution >= 4 is 21.8 Å². The van der Waals surface area contributed by atoms with Crippen LogP contribution in [0.3, 0.4) is 0 Å². The van der Waals surface area contributed by atoms with E-state index < -0.39 is 5.82 Å². The Kier molecular flexibility index (Phi) is 4.35. The first-order valence-corrected chi connectivity index (χ1v) is 6.77. The fraction of sp³-hybridized carbons (Fsp3) is 0.462. The van der Waals surface area contributed by atoms with Crippen LogP contribution in [-0.2, 0) is 0 Å². The Morgan fingerprint density at radius 1 is 1.50 bits per heavy atom. The summed E-state index contributed by atoms with van der Waals surface area (Å²) in [6.45, 7) is 0.535. The summed E-state index contributed by atoms with van der Waals surface area (Å²) in [6, 6.07) is 4.30. The highest BCUT2D eigenvalue weighted by Gasteiger charge is 2.23. The minimum atomic E-state index is -0.445. The first-order valence-electron chi connectivity index (χ1n) is 5.97. The third-order valence-corrected chi connectivity index (χ3v) is 3.89. The number of aliphatic hydroxyl groups excluding tert-OH is 1. The van der Waals surface area contributed by atoms with Crippen LogP contribution < -0.4 is 5.32 Å². The number of nitrogens with one attached hydrogen (secondary N) is 1. The van der Waals surface area contributed by atoms with Gasteiger partial charge < -0.3 is 10.4 Å². The molecule has 2 N–H and O–H groups in total. The highest BCUT2D eigenvalue weighted by atomic mass is 79.9. The molecule has 1 aromatic carbocycles. The molecule has 1 fully saturated rings. The largest absolute Gasteiger partial charge is 0.393 e. The highest BCUT2D eigenvalue weighted by Crippen LogP contribution is 2.24. The average molecular weight is 316 g/mol. The third kappa shape index (κ3) is 3.29. The molecule has 5 heteroatoms. The zero-order chi connectivity index (χ0) is 13.1. The molecule has 98 valence electrons. The average Bonchev–Trinajstić information content (AvgIpc) is 2.75. The lowest BCUT2D eigenvalue weighted by Gasteiger charge is -2.11. The fourth-order valence-corrected chi connectivity index (χ4v) is 2.46. The number of benzene rings is 1. The van der Waals surface area contributed by atoms with Crippen molar-refractivity contribution in [3.8, 4) is 0 Å². The van der Waals surface area contributed by atoms with Crippen LogP contribution >= 0.6 is 15.9 Å². The number of rotatable bonds is 3. The van der Waals surface area contributed by atoms with Gasteiger partial charge in [-0.25, -0.2) is 4.39 Å². The Morgan fingerprint density at radius 2 is 2.28 bits per heavy atom. The number of halogens is 2. The van der Waals surface area contributed by atoms with E-state index in [1.807, 2.05) is 0 Å². The molecule has 2 atom stereocenters. The van der Waals surface area contributed by atoms with Gasteiger partial charge in [-0.1, -0.05) is 0 Å². The molecule has 0 bridgehead atoms. The molecule has 18 heavy (non-hydrogen) atoms.